The van der Waals surface area contributed by atoms with Crippen LogP contribution < -0.4 is 15.4 Å². The molecule has 0 atom stereocenters. The highest BCUT2D eigenvalue weighted by Crippen LogP contribution is 2.25. The van der Waals surface area contributed by atoms with Crippen molar-refractivity contribution in [1.82, 2.24) is 20.3 Å². The van der Waals surface area contributed by atoms with Crippen LogP contribution in [-0.2, 0) is 14.8 Å². The second-order valence-electron chi connectivity index (χ2n) is 6.61. The van der Waals surface area contributed by atoms with Gasteiger partial charge in [0, 0.05) is 39.3 Å². The maximum absolute atomic E-state index is 12.0. The second kappa shape index (κ2) is 13.1. The van der Waals surface area contributed by atoms with Gasteiger partial charge in [-0.3, -0.25) is 9.89 Å². The first-order chi connectivity index (χ1) is 12.1. The summed E-state index contributed by atoms with van der Waals surface area (Å²) in [6.45, 7) is 8.71. The van der Waals surface area contributed by atoms with Crippen LogP contribution in [0.5, 0.6) is 0 Å². The van der Waals surface area contributed by atoms with Gasteiger partial charge in [-0.2, -0.15) is 0 Å². The molecule has 0 unspecified atom stereocenters. The van der Waals surface area contributed by atoms with Crippen molar-refractivity contribution < 1.29 is 13.2 Å². The number of hydrogen-bond donors (Lipinski definition) is 3. The fraction of sp³-hybridized carbons (Fsp3) is 0.938. The molecule has 154 valence electrons. The van der Waals surface area contributed by atoms with Gasteiger partial charge in [0.25, 0.3) is 0 Å². The standard InChI is InChI=1S/C16H33N5O3S.HI/c1-2-17-16(18-6-8-21-9-11-24-12-10-21)19-7-13-25(22,23)20-14-15-4-3-5-15;/h15,20H,2-14H2,1H3,(H2,17,18,19);1H. The average molecular weight is 503 g/mol. The van der Waals surface area contributed by atoms with Gasteiger partial charge in [-0.15, -0.1) is 24.0 Å². The molecule has 0 aromatic heterocycles. The number of morpholine rings is 1. The molecule has 0 radical (unpaired) electrons. The molecule has 1 saturated heterocycles. The highest BCUT2D eigenvalue weighted by atomic mass is 127. The average Bonchev–Trinajstić information content (AvgIpc) is 2.54. The highest BCUT2D eigenvalue weighted by molar-refractivity contribution is 14.0. The summed E-state index contributed by atoms with van der Waals surface area (Å²) in [5, 5.41) is 6.26. The fourth-order valence-corrected chi connectivity index (χ4v) is 3.79. The van der Waals surface area contributed by atoms with E-state index in [1.165, 1.54) is 6.42 Å². The third-order valence-electron chi connectivity index (χ3n) is 4.61. The van der Waals surface area contributed by atoms with E-state index in [1.807, 2.05) is 6.92 Å². The Morgan fingerprint density at radius 2 is 1.96 bits per heavy atom. The van der Waals surface area contributed by atoms with Crippen LogP contribution in [0, 0.1) is 5.92 Å². The zero-order valence-corrected chi connectivity index (χ0v) is 18.9. The van der Waals surface area contributed by atoms with Crippen LogP contribution >= 0.6 is 24.0 Å². The third kappa shape index (κ3) is 9.67. The minimum absolute atomic E-state index is 0. The number of ether oxygens (including phenoxy) is 1. The Balaban J connectivity index is 0.00000338. The van der Waals surface area contributed by atoms with E-state index < -0.39 is 10.0 Å². The van der Waals surface area contributed by atoms with Gasteiger partial charge < -0.3 is 15.4 Å². The number of nitrogens with one attached hydrogen (secondary N) is 3. The SMILES string of the molecule is CCNC(=NCCN1CCOCC1)NCCS(=O)(=O)NCC1CCC1.I. The predicted molar refractivity (Wildman–Crippen MR) is 116 cm³/mol. The largest absolute Gasteiger partial charge is 0.379 e. The Morgan fingerprint density at radius 3 is 2.58 bits per heavy atom. The van der Waals surface area contributed by atoms with Crippen molar-refractivity contribution >= 4 is 40.0 Å². The second-order valence-corrected chi connectivity index (χ2v) is 8.53. The van der Waals surface area contributed by atoms with Crippen molar-refractivity contribution in [1.29, 1.82) is 0 Å². The zero-order valence-electron chi connectivity index (χ0n) is 15.7. The van der Waals surface area contributed by atoms with E-state index in [2.05, 4.69) is 25.2 Å². The number of halogens is 1. The lowest BCUT2D eigenvalue weighted by molar-refractivity contribution is 0.0394. The van der Waals surface area contributed by atoms with Gasteiger partial charge in [-0.25, -0.2) is 13.1 Å². The first kappa shape index (κ1) is 23.9. The molecule has 3 N–H and O–H groups in total. The monoisotopic (exact) mass is 503 g/mol. The van der Waals surface area contributed by atoms with Crippen LogP contribution in [0.3, 0.4) is 0 Å². The molecule has 2 fully saturated rings. The van der Waals surface area contributed by atoms with E-state index in [0.717, 1.165) is 52.2 Å². The Morgan fingerprint density at radius 1 is 1.23 bits per heavy atom. The Kier molecular flexibility index (Phi) is 12.0. The number of aliphatic imine (C=N–C) groups is 1. The molecule has 8 nitrogen and oxygen atoms in total. The van der Waals surface area contributed by atoms with Gasteiger partial charge in [-0.05, 0) is 25.7 Å². The smallest absolute Gasteiger partial charge is 0.213 e. The highest BCUT2D eigenvalue weighted by Gasteiger charge is 2.20. The van der Waals surface area contributed by atoms with Crippen molar-refractivity contribution in [3.05, 3.63) is 0 Å². The summed E-state index contributed by atoms with van der Waals surface area (Å²) < 4.78 is 32.0. The Hall–Kier alpha value is -0.170. The minimum atomic E-state index is -3.22. The molecule has 1 aliphatic carbocycles. The maximum atomic E-state index is 12.0. The molecule has 26 heavy (non-hydrogen) atoms. The van der Waals surface area contributed by atoms with Gasteiger partial charge in [0.1, 0.15) is 0 Å². The van der Waals surface area contributed by atoms with Crippen LogP contribution in [0.1, 0.15) is 26.2 Å². The van der Waals surface area contributed by atoms with E-state index in [0.29, 0.717) is 31.5 Å². The van der Waals surface area contributed by atoms with Crippen molar-refractivity contribution in [3.8, 4) is 0 Å². The third-order valence-corrected chi connectivity index (χ3v) is 5.96. The van der Waals surface area contributed by atoms with Crippen LogP contribution in [0.4, 0.5) is 0 Å². The molecule has 0 spiro atoms. The van der Waals surface area contributed by atoms with Crippen LogP contribution in [0.2, 0.25) is 0 Å². The minimum Gasteiger partial charge on any atom is -0.379 e. The number of nitrogens with zero attached hydrogens (tertiary/aromatic N) is 2. The van der Waals surface area contributed by atoms with Gasteiger partial charge in [0.05, 0.1) is 25.5 Å². The van der Waals surface area contributed by atoms with Gasteiger partial charge >= 0.3 is 0 Å². The van der Waals surface area contributed by atoms with Crippen molar-refractivity contribution in [3.63, 3.8) is 0 Å². The maximum Gasteiger partial charge on any atom is 0.213 e. The van der Waals surface area contributed by atoms with Crippen LogP contribution in [0.25, 0.3) is 0 Å². The molecule has 1 saturated carbocycles. The normalized spacial score (nSPS) is 19.5. The summed E-state index contributed by atoms with van der Waals surface area (Å²) in [6, 6.07) is 0. The molecular weight excluding hydrogens is 469 g/mol. The van der Waals surface area contributed by atoms with Crippen LogP contribution in [0.15, 0.2) is 4.99 Å². The Bertz CT molecular complexity index is 508. The molecule has 10 heteroatoms. The number of rotatable bonds is 10. The lowest BCUT2D eigenvalue weighted by Gasteiger charge is -2.26. The number of hydrogen-bond acceptors (Lipinski definition) is 5. The summed E-state index contributed by atoms with van der Waals surface area (Å²) in [7, 11) is -3.22. The quantitative estimate of drug-likeness (QED) is 0.224. The summed E-state index contributed by atoms with van der Waals surface area (Å²) in [6.07, 6.45) is 3.50. The summed E-state index contributed by atoms with van der Waals surface area (Å²) >= 11 is 0. The number of sulfonamides is 1. The summed E-state index contributed by atoms with van der Waals surface area (Å²) in [5.41, 5.74) is 0. The molecular formula is C16H34IN5O3S. The van der Waals surface area contributed by atoms with Crippen molar-refractivity contribution in [2.75, 3.05) is 64.8 Å². The lowest BCUT2D eigenvalue weighted by atomic mass is 9.86. The fourth-order valence-electron chi connectivity index (χ4n) is 2.79. The van der Waals surface area contributed by atoms with E-state index in [4.69, 9.17) is 4.74 Å². The molecule has 2 rings (SSSR count). The number of guanidine groups is 1. The molecule has 0 amide bonds. The van der Waals surface area contributed by atoms with Gasteiger partial charge in [0.15, 0.2) is 5.96 Å². The van der Waals surface area contributed by atoms with Gasteiger partial charge in [0.2, 0.25) is 10.0 Å². The molecule has 1 aliphatic heterocycles. The van der Waals surface area contributed by atoms with E-state index in [9.17, 15) is 8.42 Å². The molecule has 1 heterocycles. The summed E-state index contributed by atoms with van der Waals surface area (Å²) in [4.78, 5) is 6.85. The van der Waals surface area contributed by atoms with E-state index in [-0.39, 0.29) is 29.7 Å². The lowest BCUT2D eigenvalue weighted by Crippen LogP contribution is -2.42. The summed E-state index contributed by atoms with van der Waals surface area (Å²) in [5.74, 6) is 1.26. The van der Waals surface area contributed by atoms with E-state index in [1.54, 1.807) is 0 Å². The van der Waals surface area contributed by atoms with E-state index >= 15 is 0 Å². The van der Waals surface area contributed by atoms with Crippen LogP contribution in [-0.4, -0.2) is 84.1 Å². The topological polar surface area (TPSA) is 95.1 Å². The molecule has 2 aliphatic rings. The first-order valence-electron chi connectivity index (χ1n) is 9.38. The molecule has 0 aromatic carbocycles. The predicted octanol–water partition coefficient (Wildman–Crippen LogP) is 0.211. The first-order valence-corrected chi connectivity index (χ1v) is 11.0. The van der Waals surface area contributed by atoms with Crippen molar-refractivity contribution in [2.24, 2.45) is 10.9 Å². The molecule has 0 bridgehead atoms. The Labute approximate surface area is 175 Å². The zero-order chi connectivity index (χ0) is 18.0. The van der Waals surface area contributed by atoms with Gasteiger partial charge in [-0.1, -0.05) is 6.42 Å². The molecule has 0 aromatic rings. The van der Waals surface area contributed by atoms with Crippen molar-refractivity contribution in [2.45, 2.75) is 26.2 Å².